The fourth-order valence-corrected chi connectivity index (χ4v) is 2.33. The average Bonchev–Trinajstić information content (AvgIpc) is 2.27. The van der Waals surface area contributed by atoms with E-state index in [1.807, 2.05) is 0 Å². The van der Waals surface area contributed by atoms with Crippen molar-refractivity contribution in [2.24, 2.45) is 0 Å². The van der Waals surface area contributed by atoms with E-state index >= 15 is 0 Å². The van der Waals surface area contributed by atoms with E-state index in [0.717, 1.165) is 5.88 Å². The largest absolute Gasteiger partial charge is 0.126 e. The molecule has 0 spiro atoms. The van der Waals surface area contributed by atoms with Crippen LogP contribution in [0.4, 0.5) is 0 Å². The maximum absolute atomic E-state index is 5.87. The molecule has 0 saturated heterocycles. The minimum atomic E-state index is 0.490. The molecule has 1 unspecified atom stereocenters. The molecule has 0 aromatic heterocycles. The third-order valence-electron chi connectivity index (χ3n) is 3.17. The third kappa shape index (κ3) is 1.95. The summed E-state index contributed by atoms with van der Waals surface area (Å²) in [6, 6.07) is 6.91. The monoisotopic (exact) mass is 208 g/mol. The van der Waals surface area contributed by atoms with Gasteiger partial charge in [-0.05, 0) is 48.3 Å². The van der Waals surface area contributed by atoms with Gasteiger partial charge in [0.05, 0.1) is 0 Å². The first kappa shape index (κ1) is 10.0. The molecule has 0 aliphatic heterocycles. The lowest BCUT2D eigenvalue weighted by molar-refractivity contribution is 0.682. The van der Waals surface area contributed by atoms with Crippen LogP contribution in [-0.4, -0.2) is 5.88 Å². The van der Waals surface area contributed by atoms with Crippen LogP contribution >= 0.6 is 11.6 Å². The molecule has 1 aromatic rings. The van der Waals surface area contributed by atoms with Crippen LogP contribution in [0.15, 0.2) is 18.2 Å². The van der Waals surface area contributed by atoms with Gasteiger partial charge in [-0.15, -0.1) is 11.6 Å². The Labute approximate surface area is 91.3 Å². The Hall–Kier alpha value is -0.490. The molecule has 0 heterocycles. The van der Waals surface area contributed by atoms with Crippen LogP contribution in [0.3, 0.4) is 0 Å². The van der Waals surface area contributed by atoms with Crippen molar-refractivity contribution in [2.75, 3.05) is 5.88 Å². The lowest BCUT2D eigenvalue weighted by atomic mass is 9.88. The summed E-state index contributed by atoms with van der Waals surface area (Å²) in [5, 5.41) is 0. The first-order valence-electron chi connectivity index (χ1n) is 5.49. The Bertz CT molecular complexity index is 317. The maximum Gasteiger partial charge on any atom is 0.0289 e. The van der Waals surface area contributed by atoms with E-state index in [-0.39, 0.29) is 0 Å². The fourth-order valence-electron chi connectivity index (χ4n) is 2.15. The Morgan fingerprint density at radius 2 is 1.93 bits per heavy atom. The van der Waals surface area contributed by atoms with E-state index in [9.17, 15) is 0 Å². The molecular weight excluding hydrogens is 192 g/mol. The van der Waals surface area contributed by atoms with E-state index < -0.39 is 0 Å². The van der Waals surface area contributed by atoms with Crippen molar-refractivity contribution in [3.63, 3.8) is 0 Å². The summed E-state index contributed by atoms with van der Waals surface area (Å²) < 4.78 is 0. The van der Waals surface area contributed by atoms with Crippen molar-refractivity contribution < 1.29 is 0 Å². The van der Waals surface area contributed by atoms with E-state index in [1.54, 1.807) is 11.1 Å². The molecule has 1 aliphatic carbocycles. The molecule has 1 heteroatoms. The Balaban J connectivity index is 2.29. The Morgan fingerprint density at radius 3 is 2.64 bits per heavy atom. The van der Waals surface area contributed by atoms with Crippen LogP contribution in [0.2, 0.25) is 0 Å². The average molecular weight is 209 g/mol. The van der Waals surface area contributed by atoms with Gasteiger partial charge in [-0.2, -0.15) is 0 Å². The lowest BCUT2D eigenvalue weighted by Crippen LogP contribution is -2.04. The molecule has 1 aliphatic rings. The molecule has 0 bridgehead atoms. The Morgan fingerprint density at radius 1 is 1.21 bits per heavy atom. The van der Waals surface area contributed by atoms with Gasteiger partial charge in [0.15, 0.2) is 0 Å². The van der Waals surface area contributed by atoms with E-state index in [0.29, 0.717) is 5.92 Å². The quantitative estimate of drug-likeness (QED) is 0.647. The van der Waals surface area contributed by atoms with Crippen LogP contribution in [0, 0.1) is 0 Å². The van der Waals surface area contributed by atoms with Crippen LogP contribution in [-0.2, 0) is 12.8 Å². The lowest BCUT2D eigenvalue weighted by Gasteiger charge is -2.18. The van der Waals surface area contributed by atoms with Gasteiger partial charge in [-0.25, -0.2) is 0 Å². The highest BCUT2D eigenvalue weighted by Gasteiger charge is 2.11. The zero-order valence-electron chi connectivity index (χ0n) is 8.72. The number of alkyl halides is 1. The van der Waals surface area contributed by atoms with Gasteiger partial charge in [0, 0.05) is 5.88 Å². The van der Waals surface area contributed by atoms with Crippen molar-refractivity contribution in [3.8, 4) is 0 Å². The number of fused-ring (bicyclic) bond motifs is 1. The molecule has 14 heavy (non-hydrogen) atoms. The smallest absolute Gasteiger partial charge is 0.0289 e. The van der Waals surface area contributed by atoms with Crippen molar-refractivity contribution in [1.29, 1.82) is 0 Å². The standard InChI is InChI=1S/C13H17Cl/c1-10(9-14)12-7-6-11-4-2-3-5-13(11)8-12/h6-8,10H,2-5,9H2,1H3. The molecule has 0 fully saturated rings. The number of halogens is 1. The normalized spacial score (nSPS) is 17.6. The van der Waals surface area contributed by atoms with Gasteiger partial charge in [0.2, 0.25) is 0 Å². The molecule has 1 atom stereocenters. The zero-order chi connectivity index (χ0) is 9.97. The summed E-state index contributed by atoms with van der Waals surface area (Å²) in [7, 11) is 0. The van der Waals surface area contributed by atoms with Gasteiger partial charge >= 0.3 is 0 Å². The summed E-state index contributed by atoms with van der Waals surface area (Å²) in [5.41, 5.74) is 4.52. The summed E-state index contributed by atoms with van der Waals surface area (Å²) in [4.78, 5) is 0. The predicted molar refractivity (Wildman–Crippen MR) is 62.2 cm³/mol. The van der Waals surface area contributed by atoms with E-state index in [1.165, 1.54) is 31.2 Å². The molecule has 0 saturated carbocycles. The minimum Gasteiger partial charge on any atom is -0.126 e. The predicted octanol–water partition coefficient (Wildman–Crippen LogP) is 3.91. The molecule has 0 amide bonds. The molecule has 76 valence electrons. The topological polar surface area (TPSA) is 0 Å². The molecule has 0 N–H and O–H groups in total. The van der Waals surface area contributed by atoms with Crippen molar-refractivity contribution in [1.82, 2.24) is 0 Å². The highest BCUT2D eigenvalue weighted by atomic mass is 35.5. The van der Waals surface area contributed by atoms with Crippen LogP contribution in [0.25, 0.3) is 0 Å². The highest BCUT2D eigenvalue weighted by molar-refractivity contribution is 6.18. The number of hydrogen-bond acceptors (Lipinski definition) is 0. The molecule has 1 aromatic carbocycles. The van der Waals surface area contributed by atoms with Gasteiger partial charge in [-0.1, -0.05) is 25.1 Å². The summed E-state index contributed by atoms with van der Waals surface area (Å²) in [6.45, 7) is 2.19. The Kier molecular flexibility index (Phi) is 3.12. The number of benzene rings is 1. The van der Waals surface area contributed by atoms with E-state index in [2.05, 4.69) is 25.1 Å². The SMILES string of the molecule is CC(CCl)c1ccc2c(c1)CCCC2. The number of rotatable bonds is 2. The van der Waals surface area contributed by atoms with Crippen molar-refractivity contribution >= 4 is 11.6 Å². The highest BCUT2D eigenvalue weighted by Crippen LogP contribution is 2.25. The molecule has 0 radical (unpaired) electrons. The number of hydrogen-bond donors (Lipinski definition) is 0. The van der Waals surface area contributed by atoms with Gasteiger partial charge < -0.3 is 0 Å². The van der Waals surface area contributed by atoms with Gasteiger partial charge in [0.25, 0.3) is 0 Å². The van der Waals surface area contributed by atoms with Crippen LogP contribution in [0.5, 0.6) is 0 Å². The third-order valence-corrected chi connectivity index (χ3v) is 3.64. The summed E-state index contributed by atoms with van der Waals surface area (Å²) in [5.74, 6) is 1.21. The summed E-state index contributed by atoms with van der Waals surface area (Å²) in [6.07, 6.45) is 5.24. The second kappa shape index (κ2) is 4.35. The van der Waals surface area contributed by atoms with Crippen LogP contribution < -0.4 is 0 Å². The number of aryl methyl sites for hydroxylation is 2. The molecule has 0 nitrogen and oxygen atoms in total. The van der Waals surface area contributed by atoms with Crippen LogP contribution in [0.1, 0.15) is 42.4 Å². The minimum absolute atomic E-state index is 0.490. The molecule has 2 rings (SSSR count). The fraction of sp³-hybridized carbons (Fsp3) is 0.538. The molecular formula is C13H17Cl. The van der Waals surface area contributed by atoms with Crippen molar-refractivity contribution in [2.45, 2.75) is 38.5 Å². The van der Waals surface area contributed by atoms with Gasteiger partial charge in [0.1, 0.15) is 0 Å². The summed E-state index contributed by atoms with van der Waals surface area (Å²) >= 11 is 5.87. The maximum atomic E-state index is 5.87. The van der Waals surface area contributed by atoms with Crippen molar-refractivity contribution in [3.05, 3.63) is 34.9 Å². The van der Waals surface area contributed by atoms with E-state index in [4.69, 9.17) is 11.6 Å². The second-order valence-corrected chi connectivity index (χ2v) is 4.60. The first-order valence-corrected chi connectivity index (χ1v) is 6.02. The first-order chi connectivity index (χ1) is 6.81. The van der Waals surface area contributed by atoms with Gasteiger partial charge in [-0.3, -0.25) is 0 Å². The zero-order valence-corrected chi connectivity index (χ0v) is 9.48. The second-order valence-electron chi connectivity index (χ2n) is 4.29.